The number of amides is 2. The van der Waals surface area contributed by atoms with Crippen molar-refractivity contribution in [3.05, 3.63) is 78.0 Å². The molecule has 15 nitrogen and oxygen atoms in total. The van der Waals surface area contributed by atoms with Crippen molar-refractivity contribution in [1.82, 2.24) is 39.2 Å². The molecule has 4 bridgehead atoms. The Morgan fingerprint density at radius 3 is 2.60 bits per heavy atom. The van der Waals surface area contributed by atoms with E-state index >= 15 is 8.78 Å². The van der Waals surface area contributed by atoms with Crippen molar-refractivity contribution in [1.29, 1.82) is 0 Å². The number of pyridine rings is 1. The Morgan fingerprint density at radius 2 is 1.82 bits per heavy atom. The Morgan fingerprint density at radius 1 is 0.964 bits per heavy atom. The van der Waals surface area contributed by atoms with E-state index in [-0.39, 0.29) is 61.3 Å². The number of likely N-dealkylation sites (N-methyl/N-ethyl adjacent to an activating group) is 1. The van der Waals surface area contributed by atoms with Crippen LogP contribution in [0.4, 0.5) is 35.5 Å². The van der Waals surface area contributed by atoms with Crippen LogP contribution in [0, 0.1) is 24.4 Å². The van der Waals surface area contributed by atoms with Gasteiger partial charge in [0.25, 0.3) is 0 Å². The summed E-state index contributed by atoms with van der Waals surface area (Å²) in [6.45, 7) is 2.86. The normalized spacial score (nSPS) is 20.3. The van der Waals surface area contributed by atoms with Gasteiger partial charge in [0.1, 0.15) is 47.4 Å². The first-order chi connectivity index (χ1) is 26.6. The number of methoxy groups -OCH3 is 1. The molecule has 2 aromatic carbocycles. The van der Waals surface area contributed by atoms with Crippen LogP contribution in [0.15, 0.2) is 54.7 Å². The fourth-order valence-electron chi connectivity index (χ4n) is 7.74. The Balaban J connectivity index is 1.18. The molecule has 0 spiro atoms. The van der Waals surface area contributed by atoms with Gasteiger partial charge in [-0.2, -0.15) is 15.1 Å². The number of hydrogen-bond donors (Lipinski definition) is 1. The molecule has 0 radical (unpaired) electrons. The fourth-order valence-corrected chi connectivity index (χ4v) is 7.74. The van der Waals surface area contributed by atoms with E-state index in [0.29, 0.717) is 52.3 Å². The van der Waals surface area contributed by atoms with Crippen LogP contribution in [0.2, 0.25) is 0 Å². The number of carbonyl (C=O) groups excluding carboxylic acids is 2. The first-order valence-corrected chi connectivity index (χ1v) is 17.7. The number of nitrogens with one attached hydrogen (secondary N) is 1. The van der Waals surface area contributed by atoms with Crippen molar-refractivity contribution >= 4 is 51.7 Å². The molecule has 3 aliphatic rings. The molecule has 6 aromatic rings. The van der Waals surface area contributed by atoms with Gasteiger partial charge in [-0.3, -0.25) is 4.79 Å². The molecule has 9 rings (SSSR count). The number of aryl methyl sites for hydroxylation is 1. The smallest absolute Gasteiger partial charge is 0.416 e. The second kappa shape index (κ2) is 13.2. The average molecular weight is 754 g/mol. The van der Waals surface area contributed by atoms with Gasteiger partial charge < -0.3 is 29.2 Å². The summed E-state index contributed by atoms with van der Waals surface area (Å²) < 4.78 is 58.4. The van der Waals surface area contributed by atoms with Gasteiger partial charge in [-0.05, 0) is 43.7 Å². The Bertz CT molecular complexity index is 2530. The van der Waals surface area contributed by atoms with E-state index in [2.05, 4.69) is 20.4 Å². The molecular weight excluding hydrogens is 719 g/mol. The minimum absolute atomic E-state index is 0.0332. The van der Waals surface area contributed by atoms with Gasteiger partial charge in [-0.25, -0.2) is 37.5 Å². The monoisotopic (exact) mass is 753 g/mol. The highest BCUT2D eigenvalue weighted by molar-refractivity contribution is 5.96. The molecule has 282 valence electrons. The number of imidazole rings is 1. The second-order valence-corrected chi connectivity index (χ2v) is 13.8. The number of anilines is 3. The van der Waals surface area contributed by atoms with E-state index < -0.39 is 35.7 Å². The van der Waals surface area contributed by atoms with Gasteiger partial charge in [0, 0.05) is 51.0 Å². The van der Waals surface area contributed by atoms with Crippen LogP contribution in [0.25, 0.3) is 39.0 Å². The number of benzene rings is 2. The molecule has 2 fully saturated rings. The largest absolute Gasteiger partial charge is 0.447 e. The van der Waals surface area contributed by atoms with Crippen LogP contribution >= 0.6 is 0 Å². The van der Waals surface area contributed by atoms with Crippen molar-refractivity contribution in [2.24, 2.45) is 0 Å². The van der Waals surface area contributed by atoms with Crippen molar-refractivity contribution in [3.63, 3.8) is 0 Å². The third-order valence-corrected chi connectivity index (χ3v) is 10.3. The quantitative estimate of drug-likeness (QED) is 0.272. The second-order valence-electron chi connectivity index (χ2n) is 13.8. The molecule has 3 aliphatic heterocycles. The molecule has 3 atom stereocenters. The van der Waals surface area contributed by atoms with E-state index in [1.165, 1.54) is 34.0 Å². The van der Waals surface area contributed by atoms with Crippen molar-refractivity contribution in [3.8, 4) is 16.9 Å². The van der Waals surface area contributed by atoms with Crippen LogP contribution in [0.1, 0.15) is 12.2 Å². The summed E-state index contributed by atoms with van der Waals surface area (Å²) in [6, 6.07) is 10.2. The molecular formula is C37H34F3N11O4. The summed E-state index contributed by atoms with van der Waals surface area (Å²) in [5.74, 6) is -0.929. The summed E-state index contributed by atoms with van der Waals surface area (Å²) in [5, 5.41) is 8.26. The Labute approximate surface area is 311 Å². The number of carbonyl (C=O) groups is 2. The first kappa shape index (κ1) is 34.5. The van der Waals surface area contributed by atoms with E-state index in [9.17, 15) is 14.0 Å². The van der Waals surface area contributed by atoms with Crippen LogP contribution < -0.4 is 15.1 Å². The number of aromatic nitrogens is 7. The molecule has 2 amide bonds. The van der Waals surface area contributed by atoms with Gasteiger partial charge in [-0.15, -0.1) is 0 Å². The lowest BCUT2D eigenvalue weighted by atomic mass is 10.1. The van der Waals surface area contributed by atoms with E-state index in [4.69, 9.17) is 19.4 Å². The highest BCUT2D eigenvalue weighted by Gasteiger charge is 2.42. The predicted octanol–water partition coefficient (Wildman–Crippen LogP) is 4.46. The van der Waals surface area contributed by atoms with E-state index in [1.807, 2.05) is 28.5 Å². The minimum atomic E-state index is -0.875. The van der Waals surface area contributed by atoms with Gasteiger partial charge in [0.05, 0.1) is 47.5 Å². The minimum Gasteiger partial charge on any atom is -0.447 e. The number of nitrogens with zero attached hydrogens (tertiary/aromatic N) is 10. The number of fused-ring (bicyclic) bond motifs is 6. The molecule has 0 aliphatic carbocycles. The highest BCUT2D eigenvalue weighted by Crippen LogP contribution is 2.36. The van der Waals surface area contributed by atoms with Crippen LogP contribution in [-0.2, 0) is 20.8 Å². The van der Waals surface area contributed by atoms with Crippen molar-refractivity contribution in [2.45, 2.75) is 38.1 Å². The number of cyclic esters (lactones) is 1. The van der Waals surface area contributed by atoms with Gasteiger partial charge in [-0.1, -0.05) is 6.07 Å². The summed E-state index contributed by atoms with van der Waals surface area (Å²) in [6.07, 6.45) is 0.614. The topological polar surface area (TPSA) is 149 Å². The third kappa shape index (κ3) is 5.92. The average Bonchev–Trinajstić information content (AvgIpc) is 3.95. The molecule has 55 heavy (non-hydrogen) atoms. The summed E-state index contributed by atoms with van der Waals surface area (Å²) in [4.78, 5) is 51.1. The van der Waals surface area contributed by atoms with Crippen LogP contribution in [0.3, 0.4) is 0 Å². The van der Waals surface area contributed by atoms with Gasteiger partial charge in [0.2, 0.25) is 11.9 Å². The third-order valence-electron chi connectivity index (χ3n) is 10.3. The lowest BCUT2D eigenvalue weighted by molar-refractivity contribution is -0.132. The molecule has 0 unspecified atom stereocenters. The summed E-state index contributed by atoms with van der Waals surface area (Å²) in [7, 11) is 3.27. The summed E-state index contributed by atoms with van der Waals surface area (Å²) in [5.41, 5.74) is 2.33. The molecule has 1 N–H and O–H groups in total. The zero-order valence-electron chi connectivity index (χ0n) is 29.9. The lowest BCUT2D eigenvalue weighted by Gasteiger charge is -2.31. The maximum Gasteiger partial charge on any atom is 0.416 e. The van der Waals surface area contributed by atoms with Crippen molar-refractivity contribution < 1.29 is 32.2 Å². The zero-order valence-corrected chi connectivity index (χ0v) is 29.9. The first-order valence-electron chi connectivity index (χ1n) is 17.7. The Hall–Kier alpha value is -6.30. The van der Waals surface area contributed by atoms with Crippen LogP contribution in [-0.4, -0.2) is 110 Å². The maximum atomic E-state index is 15.2. The fraction of sp³-hybridized carbons (Fsp3) is 0.324. The zero-order chi connectivity index (χ0) is 38.1. The van der Waals surface area contributed by atoms with Crippen molar-refractivity contribution in [2.75, 3.05) is 55.5 Å². The number of rotatable bonds is 4. The molecule has 2 saturated heterocycles. The standard InChI is InChI=1S/C37H34F3N11O4/c1-19-42-28-13-21(39)11-24-27-5-4-6-31(44-27)43-22-14-30(35(52)47(2)17-23(54-3)18-49(19)32(24)28)50(16-22)33-25-15-41-51(29-8-7-20(38)12-26(29)40)34(25)46-36(45-33)48-9-10-55-37(48)53/h4-8,11-13,15,22-23,30H,9-10,14,16-18H2,1-3H3,(H,43,44)/t22-,23-,30-/m0/s1. The van der Waals surface area contributed by atoms with E-state index in [0.717, 1.165) is 12.1 Å². The lowest BCUT2D eigenvalue weighted by Crippen LogP contribution is -2.47. The van der Waals surface area contributed by atoms with E-state index in [1.54, 1.807) is 25.1 Å². The summed E-state index contributed by atoms with van der Waals surface area (Å²) >= 11 is 0. The Kier molecular flexibility index (Phi) is 8.29. The molecule has 18 heteroatoms. The number of halogens is 3. The predicted molar refractivity (Wildman–Crippen MR) is 195 cm³/mol. The van der Waals surface area contributed by atoms with Crippen LogP contribution in [0.5, 0.6) is 0 Å². The SMILES string of the molecule is CO[C@H]1CN(C)C(=O)[C@@H]2C[C@@H](CN2c2nc(N3CCOC3=O)nc3c2cnn3-c2ccc(F)cc2F)Nc2cccc(n2)-c2cc(F)cc3nc(C)n(c23)C1. The highest BCUT2D eigenvalue weighted by atomic mass is 19.1. The molecule has 7 heterocycles. The molecule has 0 saturated carbocycles. The maximum absolute atomic E-state index is 15.2. The van der Waals surface area contributed by atoms with Gasteiger partial charge >= 0.3 is 6.09 Å². The number of hydrogen-bond acceptors (Lipinski definition) is 11. The van der Waals surface area contributed by atoms with Gasteiger partial charge in [0.15, 0.2) is 11.5 Å². The molecule has 4 aromatic heterocycles. The number of ether oxygens (including phenoxy) is 2.